The lowest BCUT2D eigenvalue weighted by molar-refractivity contribution is 0.0963. The van der Waals surface area contributed by atoms with Crippen molar-refractivity contribution in [1.29, 1.82) is 0 Å². The first-order chi connectivity index (χ1) is 15.2. The number of hydrogen-bond acceptors (Lipinski definition) is 5. The molecule has 0 saturated carbocycles. The highest BCUT2D eigenvalue weighted by molar-refractivity contribution is 6.08. The largest absolute Gasteiger partial charge is 0.493 e. The zero-order valence-corrected chi connectivity index (χ0v) is 18.2. The van der Waals surface area contributed by atoms with Crippen molar-refractivity contribution in [2.75, 3.05) is 38.6 Å². The fourth-order valence-corrected chi connectivity index (χ4v) is 4.05. The van der Waals surface area contributed by atoms with Crippen LogP contribution in [0.4, 0.5) is 11.4 Å². The van der Waals surface area contributed by atoms with E-state index < -0.39 is 0 Å². The van der Waals surface area contributed by atoms with Gasteiger partial charge in [-0.2, -0.15) is 0 Å². The van der Waals surface area contributed by atoms with Crippen LogP contribution in [0.1, 0.15) is 30.1 Å². The monoisotopic (exact) mass is 418 g/mol. The number of pyridine rings is 1. The number of anilines is 2. The number of likely N-dealkylation sites (tertiary alicyclic amines) is 1. The zero-order valence-electron chi connectivity index (χ0n) is 18.2. The van der Waals surface area contributed by atoms with Gasteiger partial charge in [-0.15, -0.1) is 0 Å². The number of aromatic nitrogens is 1. The van der Waals surface area contributed by atoms with Crippen molar-refractivity contribution in [1.82, 2.24) is 15.2 Å². The average Bonchev–Trinajstić information content (AvgIpc) is 2.83. The molecule has 1 amide bonds. The van der Waals surface area contributed by atoms with Crippen molar-refractivity contribution >= 4 is 28.2 Å². The number of rotatable bonds is 7. The zero-order chi connectivity index (χ0) is 21.6. The first-order valence-electron chi connectivity index (χ1n) is 11.0. The quantitative estimate of drug-likeness (QED) is 0.593. The molecule has 0 aliphatic carbocycles. The van der Waals surface area contributed by atoms with E-state index in [2.05, 4.69) is 27.4 Å². The molecule has 0 atom stereocenters. The molecule has 1 aromatic heterocycles. The normalized spacial score (nSPS) is 15.0. The van der Waals surface area contributed by atoms with Crippen molar-refractivity contribution < 1.29 is 9.53 Å². The van der Waals surface area contributed by atoms with Crippen LogP contribution in [-0.4, -0.2) is 49.1 Å². The number of nitrogens with one attached hydrogen (secondary N) is 2. The van der Waals surface area contributed by atoms with Crippen LogP contribution in [-0.2, 0) is 0 Å². The van der Waals surface area contributed by atoms with Crippen molar-refractivity contribution in [2.45, 2.75) is 19.8 Å². The number of carbonyl (C=O) groups is 1. The highest BCUT2D eigenvalue weighted by Gasteiger charge is 2.19. The molecule has 1 fully saturated rings. The molecular formula is C25H30N4O2. The van der Waals surface area contributed by atoms with Crippen LogP contribution in [0.5, 0.6) is 5.75 Å². The predicted molar refractivity (Wildman–Crippen MR) is 125 cm³/mol. The molecule has 0 unspecified atom stereocenters. The van der Waals surface area contributed by atoms with Gasteiger partial charge in [0, 0.05) is 24.3 Å². The van der Waals surface area contributed by atoms with Crippen molar-refractivity contribution in [2.24, 2.45) is 5.92 Å². The van der Waals surface area contributed by atoms with E-state index in [1.807, 2.05) is 48.5 Å². The Morgan fingerprint density at radius 1 is 1.16 bits per heavy atom. The van der Waals surface area contributed by atoms with Gasteiger partial charge >= 0.3 is 0 Å². The maximum atomic E-state index is 12.5. The topological polar surface area (TPSA) is 66.5 Å². The van der Waals surface area contributed by atoms with Gasteiger partial charge in [-0.05, 0) is 68.7 Å². The van der Waals surface area contributed by atoms with Gasteiger partial charge in [0.05, 0.1) is 23.4 Å². The molecule has 2 aromatic carbocycles. The highest BCUT2D eigenvalue weighted by atomic mass is 16.5. The number of carbonyl (C=O) groups excluding carboxylic acids is 1. The van der Waals surface area contributed by atoms with Crippen molar-refractivity contribution in [3.8, 4) is 5.75 Å². The summed E-state index contributed by atoms with van der Waals surface area (Å²) in [6, 6.07) is 15.7. The number of nitrogens with zero attached hydrogens (tertiary/aromatic N) is 2. The Kier molecular flexibility index (Phi) is 6.67. The Bertz CT molecular complexity index is 1030. The second kappa shape index (κ2) is 9.79. The molecule has 1 aliphatic heterocycles. The number of hydrogen-bond donors (Lipinski definition) is 2. The van der Waals surface area contributed by atoms with E-state index in [-0.39, 0.29) is 5.91 Å². The number of ether oxygens (including phenoxy) is 1. The number of benzene rings is 2. The van der Waals surface area contributed by atoms with Crippen LogP contribution in [0.2, 0.25) is 0 Å². The summed E-state index contributed by atoms with van der Waals surface area (Å²) in [6.45, 7) is 6.34. The minimum Gasteiger partial charge on any atom is -0.493 e. The number of piperidine rings is 1. The minimum atomic E-state index is -0.179. The summed E-state index contributed by atoms with van der Waals surface area (Å²) in [7, 11) is 1.63. The Morgan fingerprint density at radius 2 is 1.94 bits per heavy atom. The lowest BCUT2D eigenvalue weighted by Crippen LogP contribution is -2.35. The smallest absolute Gasteiger partial charge is 0.254 e. The molecule has 31 heavy (non-hydrogen) atoms. The number of para-hydroxylation sites is 1. The van der Waals surface area contributed by atoms with Crippen LogP contribution in [0.15, 0.2) is 54.7 Å². The van der Waals surface area contributed by atoms with Crippen LogP contribution in [0, 0.1) is 5.92 Å². The fraction of sp³-hybridized carbons (Fsp3) is 0.360. The van der Waals surface area contributed by atoms with Gasteiger partial charge in [0.1, 0.15) is 5.75 Å². The third kappa shape index (κ3) is 4.97. The van der Waals surface area contributed by atoms with Crippen molar-refractivity contribution in [3.05, 3.63) is 60.3 Å². The maximum Gasteiger partial charge on any atom is 0.254 e. The Morgan fingerprint density at radius 3 is 2.65 bits per heavy atom. The summed E-state index contributed by atoms with van der Waals surface area (Å²) in [4.78, 5) is 19.5. The average molecular weight is 419 g/mol. The molecule has 2 N–H and O–H groups in total. The van der Waals surface area contributed by atoms with Crippen LogP contribution in [0.3, 0.4) is 0 Å². The standard InChI is InChI=1S/C25H30N4O2/c1-3-29-13-11-18(12-14-29)17-31-20-9-10-23-21(15-20)24(22(16-27-23)25(30)26-2)28-19-7-5-4-6-8-19/h4-10,15-16,18H,3,11-14,17H2,1-2H3,(H,26,30)(H,27,28). The third-order valence-corrected chi connectivity index (χ3v) is 5.99. The van der Waals surface area contributed by atoms with Gasteiger partial charge in [0.25, 0.3) is 5.91 Å². The molecular weight excluding hydrogens is 388 g/mol. The molecule has 0 radical (unpaired) electrons. The van der Waals surface area contributed by atoms with E-state index >= 15 is 0 Å². The molecule has 6 heteroatoms. The summed E-state index contributed by atoms with van der Waals surface area (Å²) >= 11 is 0. The molecule has 0 bridgehead atoms. The van der Waals surface area contributed by atoms with E-state index in [1.54, 1.807) is 13.2 Å². The van der Waals surface area contributed by atoms with Crippen LogP contribution >= 0.6 is 0 Å². The fourth-order valence-electron chi connectivity index (χ4n) is 4.05. The minimum absolute atomic E-state index is 0.179. The first kappa shape index (κ1) is 21.1. The summed E-state index contributed by atoms with van der Waals surface area (Å²) in [5.41, 5.74) is 2.96. The molecule has 1 saturated heterocycles. The SMILES string of the molecule is CCN1CCC(COc2ccc3ncc(C(=O)NC)c(Nc4ccccc4)c3c2)CC1. The van der Waals surface area contributed by atoms with Gasteiger partial charge in [-0.25, -0.2) is 0 Å². The van der Waals surface area contributed by atoms with Crippen LogP contribution in [0.25, 0.3) is 10.9 Å². The summed E-state index contributed by atoms with van der Waals surface area (Å²) in [6.07, 6.45) is 3.96. The summed E-state index contributed by atoms with van der Waals surface area (Å²) in [5.74, 6) is 1.20. The number of amides is 1. The molecule has 0 spiro atoms. The van der Waals surface area contributed by atoms with E-state index in [4.69, 9.17) is 4.74 Å². The highest BCUT2D eigenvalue weighted by Crippen LogP contribution is 2.32. The predicted octanol–water partition coefficient (Wildman–Crippen LogP) is 4.45. The lowest BCUT2D eigenvalue weighted by atomic mass is 9.98. The summed E-state index contributed by atoms with van der Waals surface area (Å²) < 4.78 is 6.18. The molecule has 1 aliphatic rings. The number of fused-ring (bicyclic) bond motifs is 1. The summed E-state index contributed by atoms with van der Waals surface area (Å²) in [5, 5.41) is 6.99. The lowest BCUT2D eigenvalue weighted by Gasteiger charge is -2.30. The van der Waals surface area contributed by atoms with E-state index in [1.165, 1.54) is 12.8 Å². The van der Waals surface area contributed by atoms with E-state index in [0.717, 1.165) is 47.7 Å². The molecule has 2 heterocycles. The van der Waals surface area contributed by atoms with Crippen LogP contribution < -0.4 is 15.4 Å². The van der Waals surface area contributed by atoms with Gasteiger partial charge in [-0.1, -0.05) is 25.1 Å². The Labute approximate surface area is 183 Å². The van der Waals surface area contributed by atoms with E-state index in [0.29, 0.717) is 18.1 Å². The first-order valence-corrected chi connectivity index (χ1v) is 11.0. The van der Waals surface area contributed by atoms with Gasteiger partial charge in [0.2, 0.25) is 0 Å². The molecule has 4 rings (SSSR count). The molecule has 3 aromatic rings. The van der Waals surface area contributed by atoms with Crippen molar-refractivity contribution in [3.63, 3.8) is 0 Å². The van der Waals surface area contributed by atoms with E-state index in [9.17, 15) is 4.79 Å². The Hall–Kier alpha value is -3.12. The second-order valence-electron chi connectivity index (χ2n) is 7.98. The van der Waals surface area contributed by atoms with Gasteiger partial charge in [0.15, 0.2) is 0 Å². The maximum absolute atomic E-state index is 12.5. The molecule has 162 valence electrons. The Balaban J connectivity index is 1.60. The second-order valence-corrected chi connectivity index (χ2v) is 7.98. The van der Waals surface area contributed by atoms with Gasteiger partial charge < -0.3 is 20.3 Å². The third-order valence-electron chi connectivity index (χ3n) is 5.99. The molecule has 6 nitrogen and oxygen atoms in total. The van der Waals surface area contributed by atoms with Gasteiger partial charge in [-0.3, -0.25) is 9.78 Å².